The highest BCUT2D eigenvalue weighted by atomic mass is 16.3. The van der Waals surface area contributed by atoms with Crippen molar-refractivity contribution in [2.45, 2.75) is 33.4 Å². The van der Waals surface area contributed by atoms with Gasteiger partial charge in [-0.25, -0.2) is 0 Å². The van der Waals surface area contributed by atoms with E-state index < -0.39 is 6.10 Å². The summed E-state index contributed by atoms with van der Waals surface area (Å²) in [4.78, 5) is 0. The molecule has 0 radical (unpaired) electrons. The number of rotatable bonds is 3. The Morgan fingerprint density at radius 3 is 2.47 bits per heavy atom. The molecule has 2 rings (SSSR count). The topological polar surface area (TPSA) is 38.0 Å². The fourth-order valence-electron chi connectivity index (χ4n) is 1.94. The van der Waals surface area contributed by atoms with Crippen LogP contribution in [-0.4, -0.2) is 14.9 Å². The molecule has 0 bridgehead atoms. The average molecular weight is 230 g/mol. The van der Waals surface area contributed by atoms with Gasteiger partial charge in [-0.15, -0.1) is 0 Å². The zero-order valence-electron chi connectivity index (χ0n) is 10.5. The molecule has 0 aliphatic carbocycles. The number of hydrogen-bond donors (Lipinski definition) is 1. The van der Waals surface area contributed by atoms with Crippen molar-refractivity contribution in [3.8, 4) is 0 Å². The first-order valence-electron chi connectivity index (χ1n) is 5.83. The Balaban J connectivity index is 2.25. The van der Waals surface area contributed by atoms with Gasteiger partial charge in [-0.05, 0) is 37.5 Å². The van der Waals surface area contributed by atoms with Gasteiger partial charge in [0, 0.05) is 11.8 Å². The van der Waals surface area contributed by atoms with Crippen molar-refractivity contribution in [1.29, 1.82) is 0 Å². The van der Waals surface area contributed by atoms with Crippen LogP contribution in [0.15, 0.2) is 30.6 Å². The van der Waals surface area contributed by atoms with E-state index in [0.29, 0.717) is 0 Å². The van der Waals surface area contributed by atoms with Crippen LogP contribution in [-0.2, 0) is 6.54 Å². The normalized spacial score (nSPS) is 12.7. The van der Waals surface area contributed by atoms with Crippen LogP contribution < -0.4 is 0 Å². The number of aromatic nitrogens is 2. The van der Waals surface area contributed by atoms with E-state index in [1.807, 2.05) is 10.9 Å². The second-order valence-electron chi connectivity index (χ2n) is 4.52. The number of aliphatic hydroxyl groups excluding tert-OH is 1. The lowest BCUT2D eigenvalue weighted by molar-refractivity contribution is 0.199. The summed E-state index contributed by atoms with van der Waals surface area (Å²) in [6.07, 6.45) is 3.16. The van der Waals surface area contributed by atoms with E-state index in [4.69, 9.17) is 0 Å². The highest BCUT2D eigenvalue weighted by molar-refractivity contribution is 5.33. The van der Waals surface area contributed by atoms with Crippen molar-refractivity contribution >= 4 is 0 Å². The highest BCUT2D eigenvalue weighted by Crippen LogP contribution is 2.16. The minimum absolute atomic E-state index is 0.457. The highest BCUT2D eigenvalue weighted by Gasteiger charge is 2.07. The first kappa shape index (κ1) is 11.9. The maximum absolute atomic E-state index is 9.46. The molecule has 1 atom stereocenters. The minimum atomic E-state index is -0.457. The monoisotopic (exact) mass is 230 g/mol. The van der Waals surface area contributed by atoms with Gasteiger partial charge in [-0.2, -0.15) is 5.10 Å². The second-order valence-corrected chi connectivity index (χ2v) is 4.52. The fourth-order valence-corrected chi connectivity index (χ4v) is 1.94. The Kier molecular flexibility index (Phi) is 3.29. The van der Waals surface area contributed by atoms with Crippen molar-refractivity contribution in [3.05, 3.63) is 52.8 Å². The molecule has 1 aromatic heterocycles. The third-order valence-electron chi connectivity index (χ3n) is 3.10. The van der Waals surface area contributed by atoms with Crippen LogP contribution in [0.1, 0.15) is 35.3 Å². The summed E-state index contributed by atoms with van der Waals surface area (Å²) < 4.78 is 1.87. The van der Waals surface area contributed by atoms with E-state index in [2.05, 4.69) is 37.1 Å². The largest absolute Gasteiger partial charge is 0.389 e. The summed E-state index contributed by atoms with van der Waals surface area (Å²) in [6.45, 7) is 6.73. The molecule has 1 unspecified atom stereocenters. The Morgan fingerprint density at radius 1 is 1.29 bits per heavy atom. The molecule has 0 aliphatic heterocycles. The Morgan fingerprint density at radius 2 is 1.94 bits per heavy atom. The third kappa shape index (κ3) is 2.56. The van der Waals surface area contributed by atoms with Crippen molar-refractivity contribution < 1.29 is 5.11 Å². The van der Waals surface area contributed by atoms with E-state index >= 15 is 0 Å². The fraction of sp³-hybridized carbons (Fsp3) is 0.357. The van der Waals surface area contributed by atoms with Crippen LogP contribution >= 0.6 is 0 Å². The van der Waals surface area contributed by atoms with Gasteiger partial charge < -0.3 is 5.11 Å². The molecule has 2 aromatic rings. The Labute approximate surface area is 102 Å². The Bertz CT molecular complexity index is 494. The van der Waals surface area contributed by atoms with E-state index in [1.54, 1.807) is 13.1 Å². The van der Waals surface area contributed by atoms with Crippen LogP contribution in [0.2, 0.25) is 0 Å². The summed E-state index contributed by atoms with van der Waals surface area (Å²) in [6, 6.07) is 6.29. The third-order valence-corrected chi connectivity index (χ3v) is 3.10. The molecule has 17 heavy (non-hydrogen) atoms. The van der Waals surface area contributed by atoms with E-state index in [-0.39, 0.29) is 0 Å². The van der Waals surface area contributed by atoms with E-state index in [9.17, 15) is 5.11 Å². The average Bonchev–Trinajstić information content (AvgIpc) is 2.72. The maximum atomic E-state index is 9.46. The number of nitrogens with zero attached hydrogens (tertiary/aromatic N) is 2. The lowest BCUT2D eigenvalue weighted by atomic mass is 10.0. The summed E-state index contributed by atoms with van der Waals surface area (Å²) >= 11 is 0. The molecule has 1 heterocycles. The van der Waals surface area contributed by atoms with Gasteiger partial charge in [0.2, 0.25) is 0 Å². The van der Waals surface area contributed by atoms with E-state index in [1.165, 1.54) is 16.7 Å². The summed E-state index contributed by atoms with van der Waals surface area (Å²) in [5, 5.41) is 13.7. The number of hydrogen-bond acceptors (Lipinski definition) is 2. The lowest BCUT2D eigenvalue weighted by Crippen LogP contribution is -2.04. The molecule has 3 heteroatoms. The molecule has 90 valence electrons. The zero-order valence-corrected chi connectivity index (χ0v) is 10.5. The van der Waals surface area contributed by atoms with Gasteiger partial charge in [-0.1, -0.05) is 18.2 Å². The van der Waals surface area contributed by atoms with Gasteiger partial charge >= 0.3 is 0 Å². The molecular weight excluding hydrogens is 212 g/mol. The standard InChI is InChI=1S/C14H18N2O/c1-10-5-4-6-11(2)14(10)9-16-8-13(7-15-16)12(3)17/h4-8,12,17H,9H2,1-3H3. The summed E-state index contributed by atoms with van der Waals surface area (Å²) in [5.41, 5.74) is 4.71. The first-order chi connectivity index (χ1) is 8.08. The molecule has 1 N–H and O–H groups in total. The van der Waals surface area contributed by atoms with Crippen molar-refractivity contribution in [2.24, 2.45) is 0 Å². The predicted octanol–water partition coefficient (Wildman–Crippen LogP) is 2.60. The molecule has 0 saturated carbocycles. The van der Waals surface area contributed by atoms with Crippen LogP contribution in [0.5, 0.6) is 0 Å². The second kappa shape index (κ2) is 4.72. The van der Waals surface area contributed by atoms with Crippen molar-refractivity contribution in [1.82, 2.24) is 9.78 Å². The number of aryl methyl sites for hydroxylation is 2. The van der Waals surface area contributed by atoms with Crippen LogP contribution in [0.4, 0.5) is 0 Å². The molecular formula is C14H18N2O. The quantitative estimate of drug-likeness (QED) is 0.880. The van der Waals surface area contributed by atoms with Gasteiger partial charge in [-0.3, -0.25) is 4.68 Å². The summed E-state index contributed by atoms with van der Waals surface area (Å²) in [5.74, 6) is 0. The minimum Gasteiger partial charge on any atom is -0.389 e. The van der Waals surface area contributed by atoms with Gasteiger partial charge in [0.25, 0.3) is 0 Å². The van der Waals surface area contributed by atoms with Gasteiger partial charge in [0.1, 0.15) is 0 Å². The molecule has 3 nitrogen and oxygen atoms in total. The summed E-state index contributed by atoms with van der Waals surface area (Å²) in [7, 11) is 0. The smallest absolute Gasteiger partial charge is 0.0792 e. The molecule has 0 spiro atoms. The molecule has 0 fully saturated rings. The van der Waals surface area contributed by atoms with Crippen molar-refractivity contribution in [2.75, 3.05) is 0 Å². The zero-order chi connectivity index (χ0) is 12.4. The SMILES string of the molecule is Cc1cccc(C)c1Cn1cc(C(C)O)cn1. The Hall–Kier alpha value is -1.61. The van der Waals surface area contributed by atoms with E-state index in [0.717, 1.165) is 12.1 Å². The molecule has 0 amide bonds. The maximum Gasteiger partial charge on any atom is 0.0792 e. The van der Waals surface area contributed by atoms with Crippen molar-refractivity contribution in [3.63, 3.8) is 0 Å². The number of aliphatic hydroxyl groups is 1. The van der Waals surface area contributed by atoms with Crippen LogP contribution in [0.3, 0.4) is 0 Å². The van der Waals surface area contributed by atoms with Gasteiger partial charge in [0.05, 0.1) is 18.8 Å². The van der Waals surface area contributed by atoms with Crippen LogP contribution in [0.25, 0.3) is 0 Å². The first-order valence-corrected chi connectivity index (χ1v) is 5.83. The lowest BCUT2D eigenvalue weighted by Gasteiger charge is -2.09. The predicted molar refractivity (Wildman–Crippen MR) is 67.9 cm³/mol. The number of benzene rings is 1. The molecule has 0 aliphatic rings. The van der Waals surface area contributed by atoms with Gasteiger partial charge in [0.15, 0.2) is 0 Å². The van der Waals surface area contributed by atoms with Crippen LogP contribution in [0, 0.1) is 13.8 Å². The molecule has 0 saturated heterocycles. The molecule has 1 aromatic carbocycles.